The van der Waals surface area contributed by atoms with Gasteiger partial charge in [0.2, 0.25) is 6.41 Å². The molecular formula is C103H133F7N12O12S. The molecule has 24 nitrogen and oxygen atoms in total. The number of nitrogens with one attached hydrogen (secondary N) is 1. The van der Waals surface area contributed by atoms with E-state index < -0.39 is 55.7 Å². The van der Waals surface area contributed by atoms with E-state index in [-0.39, 0.29) is 126 Å². The van der Waals surface area contributed by atoms with Crippen LogP contribution in [0.25, 0.3) is 0 Å². The Hall–Kier alpha value is -10.6. The summed E-state index contributed by atoms with van der Waals surface area (Å²) in [6.45, 7) is 31.7. The fourth-order valence-electron chi connectivity index (χ4n) is 22.6. The van der Waals surface area contributed by atoms with E-state index in [4.69, 9.17) is 14.2 Å². The maximum absolute atomic E-state index is 14.9. The van der Waals surface area contributed by atoms with E-state index in [9.17, 15) is 72.7 Å². The fraction of sp³-hybridized carbons (Fsp3) is 0.544. The lowest BCUT2D eigenvalue weighted by atomic mass is 9.78. The summed E-state index contributed by atoms with van der Waals surface area (Å²) in [5.41, 5.74) is 4.99. The zero-order valence-electron chi connectivity index (χ0n) is 80.9. The van der Waals surface area contributed by atoms with E-state index in [0.717, 1.165) is 96.3 Å². The maximum Gasteiger partial charge on any atom is 0.431 e. The average molecular weight is 1900 g/mol. The molecule has 4 aromatic heterocycles. The smallest absolute Gasteiger partial charge is 0.431 e. The quantitative estimate of drug-likeness (QED) is 0.0605. The van der Waals surface area contributed by atoms with Crippen LogP contribution in [0.1, 0.15) is 288 Å². The molecule has 0 radical (unpaired) electrons. The minimum absolute atomic E-state index is 0. The molecule has 9 aliphatic rings. The number of nitrogens with zero attached hydrogens (tertiary/aromatic N) is 11. The number of hydrogen-bond acceptors (Lipinski definition) is 15. The van der Waals surface area contributed by atoms with E-state index in [1.807, 2.05) is 77.2 Å². The topological polar surface area (TPSA) is 236 Å². The van der Waals surface area contributed by atoms with Crippen molar-refractivity contribution in [1.82, 2.24) is 57.9 Å². The van der Waals surface area contributed by atoms with Gasteiger partial charge in [-0.15, -0.1) is 0 Å². The van der Waals surface area contributed by atoms with Gasteiger partial charge in [-0.3, -0.25) is 48.7 Å². The van der Waals surface area contributed by atoms with Gasteiger partial charge >= 0.3 is 12.4 Å². The Bertz CT molecular complexity index is 5850. The molecule has 0 unspecified atom stereocenters. The number of alkyl halides is 6. The summed E-state index contributed by atoms with van der Waals surface area (Å²) in [6.07, 6.45) is 4.73. The standard InChI is InChI=1S/C29H39N3O2.C27H37N3O3.C24H28F3N3O4.C23H27F4N3O3S.H2/c1-21(33)25-14-15-26-29(30(4)20-28(2,3)32(25)26)16-18-31(19-17-29)27(34)24-12-10-23(11-13-24)22-8-6-5-7-9-22;1-18(31)20-15-23-27(28-26(5,6)17-30(23)16-20)10-12-29(13-11-27)24(32)19-8-9-21(25(2,3)4)22(14-19)33-7;1-16(2)34-18-5-4-17(14-19(18)33-3)22(32)28-10-8-23(9-11-28)20-6-7-21(24(25,26)27)30(20)13-12-29(23)15-31;1-15(2)34(32,33)17-6-4-16(5-7-17)21(31)29-10-8-22(9-11-29)20-18(24)14-19(23(25,26)27)30(20)13-12-28(22)3;/h10-15,22H,5-9,16-20H2,1-4H3;8-9,14-16,28H,10-13,17H2,1-7H3;4-7,14-16H,8-13H2,1-3H3;4-7,14-15H,8-13H2,1-3H3;1H. The second kappa shape index (κ2) is 38.4. The summed E-state index contributed by atoms with van der Waals surface area (Å²) >= 11 is 0. The number of ketones is 2. The minimum atomic E-state index is -4.65. The number of Topliss-reactive ketones (excluding diaryl/α,β-unsaturated/α-hetero) is 2. The van der Waals surface area contributed by atoms with Crippen molar-refractivity contribution < 1.29 is 88.3 Å². The van der Waals surface area contributed by atoms with Crippen molar-refractivity contribution in [2.45, 2.75) is 266 Å². The summed E-state index contributed by atoms with van der Waals surface area (Å²) in [5.74, 6) is 1.41. The molecule has 732 valence electrons. The molecule has 8 aromatic rings. The summed E-state index contributed by atoms with van der Waals surface area (Å²) in [7, 11) is 3.68. The van der Waals surface area contributed by atoms with Crippen molar-refractivity contribution in [1.29, 1.82) is 0 Å². The molecule has 5 amide bonds. The summed E-state index contributed by atoms with van der Waals surface area (Å²) in [5, 5.41) is 3.28. The van der Waals surface area contributed by atoms with Gasteiger partial charge in [-0.1, -0.05) is 58.2 Å². The number of amides is 5. The maximum atomic E-state index is 14.9. The number of aromatic nitrogens is 4. The monoisotopic (exact) mass is 1890 g/mol. The molecule has 17 rings (SSSR count). The van der Waals surface area contributed by atoms with Gasteiger partial charge in [0.25, 0.3) is 23.6 Å². The molecule has 4 aromatic carbocycles. The van der Waals surface area contributed by atoms with Crippen LogP contribution < -0.4 is 19.5 Å². The van der Waals surface area contributed by atoms with Gasteiger partial charge in [0.15, 0.2) is 32.9 Å². The van der Waals surface area contributed by atoms with Gasteiger partial charge in [-0.25, -0.2) is 12.8 Å². The van der Waals surface area contributed by atoms with Crippen molar-refractivity contribution >= 4 is 51.4 Å². The third-order valence-corrected chi connectivity index (χ3v) is 31.8. The number of carbonyl (C=O) groups is 7. The van der Waals surface area contributed by atoms with Gasteiger partial charge in [0, 0.05) is 163 Å². The summed E-state index contributed by atoms with van der Waals surface area (Å²) in [4.78, 5) is 102. The molecule has 12 heterocycles. The van der Waals surface area contributed by atoms with Crippen LogP contribution in [0.4, 0.5) is 30.7 Å². The van der Waals surface area contributed by atoms with E-state index in [2.05, 4.69) is 93.1 Å². The van der Waals surface area contributed by atoms with Crippen molar-refractivity contribution in [2.75, 3.05) is 100 Å². The second-order valence-electron chi connectivity index (χ2n) is 40.9. The first-order valence-corrected chi connectivity index (χ1v) is 48.8. The van der Waals surface area contributed by atoms with Gasteiger partial charge in [-0.2, -0.15) is 26.3 Å². The Morgan fingerprint density at radius 3 is 1.51 bits per heavy atom. The van der Waals surface area contributed by atoms with Crippen molar-refractivity contribution in [3.63, 3.8) is 0 Å². The predicted octanol–water partition coefficient (Wildman–Crippen LogP) is 18.1. The molecule has 1 N–H and O–H groups in total. The molecule has 4 spiro atoms. The Morgan fingerprint density at radius 1 is 0.504 bits per heavy atom. The van der Waals surface area contributed by atoms with E-state index in [1.54, 1.807) is 74.8 Å². The van der Waals surface area contributed by atoms with E-state index >= 15 is 0 Å². The van der Waals surface area contributed by atoms with Crippen LogP contribution in [0, 0.1) is 5.82 Å². The van der Waals surface area contributed by atoms with Crippen LogP contribution in [0.5, 0.6) is 17.2 Å². The third kappa shape index (κ3) is 19.8. The van der Waals surface area contributed by atoms with Crippen LogP contribution in [0.2, 0.25) is 0 Å². The number of sulfone groups is 1. The van der Waals surface area contributed by atoms with Crippen LogP contribution in [0.3, 0.4) is 0 Å². The first kappa shape index (κ1) is 100. The SMILES string of the molecule is CC(=O)c1ccc2n1C(C)(C)CN(C)C21CCN(C(=O)c2ccc(C3CCCCC3)cc2)CC1.CC(C)S(=O)(=O)c1ccc(C(=O)N2CCC3(CC2)c2c(F)cc(C(F)(F)F)n2CCN3C)cc1.COc1cc(C(=O)N2CCC3(CC2)NC(C)(C)Cn2cc(C(C)=O)cc23)ccc1C(C)(C)C.COc1cc(C(=O)N2CCC3(CC2)c2ccc(C(F)(F)F)n2CCN3C=O)ccc1OC(C)C.[HH]. The normalized spacial score (nSPS) is 19.6. The number of carbonyl (C=O) groups excluding carboxylic acids is 7. The molecule has 4 saturated heterocycles. The number of ether oxygens (including phenoxy) is 3. The Morgan fingerprint density at radius 2 is 1.00 bits per heavy atom. The van der Waals surface area contributed by atoms with Gasteiger partial charge < -0.3 is 57.0 Å². The lowest BCUT2D eigenvalue weighted by molar-refractivity contribution is -0.146. The van der Waals surface area contributed by atoms with Gasteiger partial charge in [0.05, 0.1) is 69.6 Å². The first-order chi connectivity index (χ1) is 63.5. The lowest BCUT2D eigenvalue weighted by Crippen LogP contribution is -2.63. The number of methoxy groups -OCH3 is 2. The fourth-order valence-corrected chi connectivity index (χ4v) is 23.6. The van der Waals surface area contributed by atoms with E-state index in [1.165, 1.54) is 85.4 Å². The number of likely N-dealkylation sites (tertiary alicyclic amines) is 4. The average Bonchev–Trinajstić information content (AvgIpc) is 1.47. The molecule has 5 fully saturated rings. The largest absolute Gasteiger partial charge is 0.496 e. The summed E-state index contributed by atoms with van der Waals surface area (Å²) in [6, 6.07) is 34.3. The highest BCUT2D eigenvalue weighted by Crippen LogP contribution is 2.51. The molecule has 1 saturated carbocycles. The Kier molecular flexibility index (Phi) is 28.6. The first-order valence-electron chi connectivity index (χ1n) is 47.2. The Labute approximate surface area is 789 Å². The van der Waals surface area contributed by atoms with Crippen molar-refractivity contribution in [2.24, 2.45) is 0 Å². The zero-order valence-corrected chi connectivity index (χ0v) is 81.7. The predicted molar refractivity (Wildman–Crippen MR) is 503 cm³/mol. The molecule has 8 aliphatic heterocycles. The number of likely N-dealkylation sites (N-methyl/N-ethyl adjacent to an activating group) is 2. The molecule has 32 heteroatoms. The lowest BCUT2D eigenvalue weighted by Gasteiger charge is -2.55. The second-order valence-corrected chi connectivity index (χ2v) is 43.4. The molecule has 1 aliphatic carbocycles. The Balaban J connectivity index is 0.000000153. The van der Waals surface area contributed by atoms with Gasteiger partial charge in [0.1, 0.15) is 23.0 Å². The third-order valence-electron chi connectivity index (χ3n) is 29.6. The van der Waals surface area contributed by atoms with Crippen LogP contribution in [-0.4, -0.2) is 220 Å². The molecular weight excluding hydrogens is 1760 g/mol. The van der Waals surface area contributed by atoms with E-state index in [0.29, 0.717) is 97.8 Å². The van der Waals surface area contributed by atoms with Crippen LogP contribution in [-0.2, 0) is 79.7 Å². The number of benzene rings is 4. The van der Waals surface area contributed by atoms with Crippen molar-refractivity contribution in [3.8, 4) is 17.2 Å². The number of rotatable bonds is 14. The summed E-state index contributed by atoms with van der Waals surface area (Å²) < 4.78 is 144. The number of hydrogen-bond donors (Lipinski definition) is 1. The van der Waals surface area contributed by atoms with Crippen molar-refractivity contribution in [3.05, 3.63) is 212 Å². The zero-order chi connectivity index (χ0) is 98.0. The highest BCUT2D eigenvalue weighted by Gasteiger charge is 2.55. The minimum Gasteiger partial charge on any atom is -0.496 e. The number of piperidine rings is 4. The highest BCUT2D eigenvalue weighted by atomic mass is 32.2. The number of halogens is 7. The molecule has 0 bridgehead atoms. The molecule has 0 atom stereocenters. The highest BCUT2D eigenvalue weighted by molar-refractivity contribution is 7.92. The van der Waals surface area contributed by atoms with Crippen LogP contribution in [0.15, 0.2) is 132 Å². The van der Waals surface area contributed by atoms with Gasteiger partial charge in [-0.05, 0) is 260 Å². The van der Waals surface area contributed by atoms with Crippen LogP contribution >= 0.6 is 0 Å². The molecule has 135 heavy (non-hydrogen) atoms. The number of fused-ring (bicyclic) bond motifs is 8.